The average molecular weight is 676 g/mol. The van der Waals surface area contributed by atoms with Crippen LogP contribution in [0.1, 0.15) is 29.0 Å². The maximum absolute atomic E-state index is 6.50. The molecule has 0 amide bonds. The fourth-order valence-electron chi connectivity index (χ4n) is 7.89. The number of amidine groups is 1. The van der Waals surface area contributed by atoms with Gasteiger partial charge in [-0.3, -0.25) is 5.32 Å². The highest BCUT2D eigenvalue weighted by Gasteiger charge is 2.29. The maximum atomic E-state index is 6.50. The van der Waals surface area contributed by atoms with Gasteiger partial charge in [0.05, 0.1) is 0 Å². The van der Waals surface area contributed by atoms with Gasteiger partial charge in [0.15, 0.2) is 0 Å². The van der Waals surface area contributed by atoms with Crippen LogP contribution in [0.15, 0.2) is 165 Å². The lowest BCUT2D eigenvalue weighted by atomic mass is 9.99. The molecule has 4 heterocycles. The van der Waals surface area contributed by atoms with Crippen LogP contribution < -0.4 is 10.6 Å². The normalized spacial score (nSPS) is 16.4. The lowest BCUT2D eigenvalue weighted by Gasteiger charge is -2.32. The topological polar surface area (TPSA) is 62.7 Å². The highest BCUT2D eigenvalue weighted by Crippen LogP contribution is 2.46. The van der Waals surface area contributed by atoms with Crippen molar-refractivity contribution in [1.82, 2.24) is 10.6 Å². The molecule has 3 aromatic heterocycles. The number of hydrogen-bond acceptors (Lipinski definition) is 6. The highest BCUT2D eigenvalue weighted by atomic mass is 32.1. The van der Waals surface area contributed by atoms with Crippen LogP contribution in [0.4, 0.5) is 0 Å². The molecule has 5 nitrogen and oxygen atoms in total. The van der Waals surface area contributed by atoms with Gasteiger partial charge in [-0.15, -0.1) is 11.3 Å². The van der Waals surface area contributed by atoms with Crippen LogP contribution in [0.5, 0.6) is 0 Å². The number of nitrogens with one attached hydrogen (secondary N) is 2. The van der Waals surface area contributed by atoms with E-state index in [1.807, 2.05) is 47.7 Å². The summed E-state index contributed by atoms with van der Waals surface area (Å²) in [6, 6.07) is 53.0. The molecule has 7 aromatic carbocycles. The van der Waals surface area contributed by atoms with Crippen molar-refractivity contribution >= 4 is 81.2 Å². The molecule has 6 heteroatoms. The van der Waals surface area contributed by atoms with Gasteiger partial charge < -0.3 is 14.2 Å². The van der Waals surface area contributed by atoms with Gasteiger partial charge in [0.1, 0.15) is 40.5 Å². The number of hydrogen-bond donors (Lipinski definition) is 2. The fraction of sp³-hybridized carbons (Fsp3) is 0.0444. The van der Waals surface area contributed by atoms with Gasteiger partial charge in [0.2, 0.25) is 0 Å². The summed E-state index contributed by atoms with van der Waals surface area (Å²) in [4.78, 5) is 5.36. The summed E-state index contributed by atoms with van der Waals surface area (Å²) in [6.45, 7) is 0. The van der Waals surface area contributed by atoms with Crippen molar-refractivity contribution in [2.24, 2.45) is 4.99 Å². The first-order valence-electron chi connectivity index (χ1n) is 17.2. The summed E-state index contributed by atoms with van der Waals surface area (Å²) >= 11 is 1.83. The Bertz CT molecular complexity index is 3010. The summed E-state index contributed by atoms with van der Waals surface area (Å²) in [7, 11) is 0. The van der Waals surface area contributed by atoms with Crippen LogP contribution in [-0.2, 0) is 0 Å². The number of furan rings is 2. The van der Waals surface area contributed by atoms with Crippen molar-refractivity contribution < 1.29 is 8.83 Å². The lowest BCUT2D eigenvalue weighted by Crippen LogP contribution is -2.45. The van der Waals surface area contributed by atoms with Gasteiger partial charge in [0, 0.05) is 69.5 Å². The lowest BCUT2D eigenvalue weighted by molar-refractivity contribution is 0.413. The monoisotopic (exact) mass is 675 g/mol. The molecule has 2 atom stereocenters. The molecule has 2 N–H and O–H groups in total. The molecule has 242 valence electrons. The van der Waals surface area contributed by atoms with Crippen LogP contribution >= 0.6 is 11.3 Å². The van der Waals surface area contributed by atoms with E-state index in [0.29, 0.717) is 0 Å². The second-order valence-electron chi connectivity index (χ2n) is 13.1. The predicted molar refractivity (Wildman–Crippen MR) is 210 cm³/mol. The van der Waals surface area contributed by atoms with Crippen LogP contribution in [0.2, 0.25) is 0 Å². The molecule has 0 saturated carbocycles. The van der Waals surface area contributed by atoms with Gasteiger partial charge in [0.25, 0.3) is 0 Å². The Hall–Kier alpha value is -6.21. The van der Waals surface area contributed by atoms with E-state index >= 15 is 0 Å². The Labute approximate surface area is 296 Å². The van der Waals surface area contributed by atoms with E-state index in [2.05, 4.69) is 126 Å². The molecule has 10 aromatic rings. The van der Waals surface area contributed by atoms with Gasteiger partial charge in [-0.25, -0.2) is 4.99 Å². The van der Waals surface area contributed by atoms with E-state index in [0.717, 1.165) is 72.0 Å². The Kier molecular flexibility index (Phi) is 6.26. The van der Waals surface area contributed by atoms with Crippen molar-refractivity contribution in [3.63, 3.8) is 0 Å². The summed E-state index contributed by atoms with van der Waals surface area (Å²) in [5.74, 6) is 0.851. The summed E-state index contributed by atoms with van der Waals surface area (Å²) in [6.07, 6.45) is -0.530. The molecule has 0 saturated heterocycles. The average Bonchev–Trinajstić information content (AvgIpc) is 3.89. The Balaban J connectivity index is 1.10. The van der Waals surface area contributed by atoms with Gasteiger partial charge in [-0.1, -0.05) is 133 Å². The number of benzene rings is 7. The van der Waals surface area contributed by atoms with Crippen LogP contribution in [0, 0.1) is 0 Å². The third kappa shape index (κ3) is 4.40. The molecule has 0 bridgehead atoms. The second-order valence-corrected chi connectivity index (χ2v) is 14.1. The largest absolute Gasteiger partial charge is 0.456 e. The first kappa shape index (κ1) is 28.6. The zero-order valence-corrected chi connectivity index (χ0v) is 28.1. The molecule has 51 heavy (non-hydrogen) atoms. The molecule has 1 aliphatic heterocycles. The van der Waals surface area contributed by atoms with Gasteiger partial charge in [-0.2, -0.15) is 0 Å². The zero-order valence-electron chi connectivity index (χ0n) is 27.3. The molecule has 0 spiro atoms. The number of rotatable bonds is 4. The molecular weight excluding hydrogens is 647 g/mol. The van der Waals surface area contributed by atoms with Crippen molar-refractivity contribution in [3.8, 4) is 11.1 Å². The van der Waals surface area contributed by atoms with Crippen molar-refractivity contribution in [2.45, 2.75) is 12.3 Å². The molecule has 0 aliphatic carbocycles. The molecule has 0 radical (unpaired) electrons. The van der Waals surface area contributed by atoms with Crippen LogP contribution in [0.25, 0.3) is 75.2 Å². The fourth-order valence-corrected chi connectivity index (χ4v) is 9.26. The minimum atomic E-state index is -0.307. The summed E-state index contributed by atoms with van der Waals surface area (Å²) in [5, 5.41) is 14.6. The molecular formula is C45H29N3O2S. The molecule has 11 rings (SSSR count). The number of aliphatic imine (C=N–C) groups is 1. The maximum Gasteiger partial charge on any atom is 0.143 e. The Morgan fingerprint density at radius 3 is 1.98 bits per heavy atom. The van der Waals surface area contributed by atoms with Crippen molar-refractivity contribution in [1.29, 1.82) is 0 Å². The van der Waals surface area contributed by atoms with E-state index < -0.39 is 0 Å². The number of nitrogens with zero attached hydrogens (tertiary/aromatic N) is 1. The quantitative estimate of drug-likeness (QED) is 0.195. The smallest absolute Gasteiger partial charge is 0.143 e. The van der Waals surface area contributed by atoms with Gasteiger partial charge in [-0.05, 0) is 18.2 Å². The third-order valence-corrected chi connectivity index (χ3v) is 11.5. The Morgan fingerprint density at radius 1 is 0.490 bits per heavy atom. The van der Waals surface area contributed by atoms with E-state index in [1.54, 1.807) is 0 Å². The van der Waals surface area contributed by atoms with Gasteiger partial charge >= 0.3 is 0 Å². The summed E-state index contributed by atoms with van der Waals surface area (Å²) in [5.41, 5.74) is 9.17. The second kappa shape index (κ2) is 11.2. The molecule has 2 unspecified atom stereocenters. The molecule has 0 fully saturated rings. The third-order valence-electron chi connectivity index (χ3n) is 10.2. The predicted octanol–water partition coefficient (Wildman–Crippen LogP) is 11.9. The highest BCUT2D eigenvalue weighted by molar-refractivity contribution is 7.26. The minimum Gasteiger partial charge on any atom is -0.456 e. The minimum absolute atomic E-state index is 0.224. The van der Waals surface area contributed by atoms with Crippen molar-refractivity contribution in [3.05, 3.63) is 168 Å². The van der Waals surface area contributed by atoms with E-state index in [9.17, 15) is 0 Å². The van der Waals surface area contributed by atoms with Crippen LogP contribution in [-0.4, -0.2) is 5.84 Å². The first-order valence-corrected chi connectivity index (χ1v) is 18.0. The van der Waals surface area contributed by atoms with E-state index in [-0.39, 0.29) is 12.3 Å². The number of para-hydroxylation sites is 3. The first-order chi connectivity index (χ1) is 25.3. The van der Waals surface area contributed by atoms with Crippen molar-refractivity contribution in [2.75, 3.05) is 0 Å². The SMILES string of the molecule is c1ccc(C2=NC(c3cccc4c3sc3c(-c5cccc6c5oc5ccccc56)cccc34)NC(c3cccc4oc5ccccc5c34)N2)cc1. The van der Waals surface area contributed by atoms with Crippen LogP contribution in [0.3, 0.4) is 0 Å². The zero-order chi connectivity index (χ0) is 33.5. The van der Waals surface area contributed by atoms with E-state index in [1.165, 1.54) is 25.7 Å². The number of fused-ring (bicyclic) bond motifs is 9. The van der Waals surface area contributed by atoms with E-state index in [4.69, 9.17) is 13.8 Å². The standard InChI is InChI=1S/C45H29N3O2S/c1-2-12-26(13-3-1)43-46-44(34-21-11-25-38-39(34)33-15-5-7-24-37(33)49-38)48-45(47-43)35-22-10-20-32-31-19-9-18-30(41(31)51-42(32)35)29-17-8-16-28-27-14-4-6-23-36(27)50-40(28)29/h1-25,44-45,48H,(H,46,47). The summed E-state index contributed by atoms with van der Waals surface area (Å²) < 4.78 is 15.3. The molecule has 1 aliphatic rings. The Morgan fingerprint density at radius 2 is 1.12 bits per heavy atom. The number of thiophene rings is 1.